The van der Waals surface area contributed by atoms with E-state index in [1.54, 1.807) is 12.1 Å². The molecule has 1 N–H and O–H groups in total. The van der Waals surface area contributed by atoms with Crippen LogP contribution in [0.25, 0.3) is 0 Å². The lowest BCUT2D eigenvalue weighted by Gasteiger charge is -2.35. The van der Waals surface area contributed by atoms with Crippen molar-refractivity contribution in [3.05, 3.63) is 35.6 Å². The molecule has 1 unspecified atom stereocenters. The molecule has 1 aliphatic carbocycles. The van der Waals surface area contributed by atoms with E-state index < -0.39 is 0 Å². The zero-order valence-electron chi connectivity index (χ0n) is 11.8. The van der Waals surface area contributed by atoms with Gasteiger partial charge in [-0.2, -0.15) is 0 Å². The first kappa shape index (κ1) is 13.6. The number of halogens is 1. The van der Waals surface area contributed by atoms with Crippen molar-refractivity contribution in [1.82, 2.24) is 10.2 Å². The molecule has 2 fully saturated rings. The van der Waals surface area contributed by atoms with Gasteiger partial charge in [0.05, 0.1) is 0 Å². The van der Waals surface area contributed by atoms with Crippen LogP contribution >= 0.6 is 0 Å². The number of carbonyl (C=O) groups is 1. The zero-order valence-corrected chi connectivity index (χ0v) is 11.8. The van der Waals surface area contributed by atoms with Crippen LogP contribution in [0.5, 0.6) is 0 Å². The van der Waals surface area contributed by atoms with E-state index in [0.717, 1.165) is 31.5 Å². The Hall–Kier alpha value is -1.42. The standard InChI is InChI=1S/C16H21FN2O/c1-11(13-8-18-9-13)16(20)19(15-6-7-15)10-12-2-4-14(17)5-3-12/h2-5,11,13,15,18H,6-10H2,1H3. The molecule has 0 aromatic heterocycles. The third-order valence-corrected chi connectivity index (χ3v) is 4.45. The lowest BCUT2D eigenvalue weighted by atomic mass is 9.88. The van der Waals surface area contributed by atoms with Crippen molar-refractivity contribution >= 4 is 5.91 Å². The Bertz CT molecular complexity index is 480. The third-order valence-electron chi connectivity index (χ3n) is 4.45. The molecule has 1 aromatic carbocycles. The van der Waals surface area contributed by atoms with Crippen LogP contribution < -0.4 is 5.32 Å². The van der Waals surface area contributed by atoms with Gasteiger partial charge in [-0.1, -0.05) is 19.1 Å². The largest absolute Gasteiger partial charge is 0.335 e. The molecule has 3 nitrogen and oxygen atoms in total. The molecule has 1 aromatic rings. The maximum absolute atomic E-state index is 13.0. The maximum Gasteiger partial charge on any atom is 0.226 e. The minimum absolute atomic E-state index is 0.0808. The number of hydrogen-bond donors (Lipinski definition) is 1. The molecule has 0 bridgehead atoms. The fourth-order valence-electron chi connectivity index (χ4n) is 2.69. The van der Waals surface area contributed by atoms with Crippen molar-refractivity contribution in [3.63, 3.8) is 0 Å². The maximum atomic E-state index is 13.0. The van der Waals surface area contributed by atoms with Gasteiger partial charge in [0.1, 0.15) is 5.82 Å². The fraction of sp³-hybridized carbons (Fsp3) is 0.562. The summed E-state index contributed by atoms with van der Waals surface area (Å²) < 4.78 is 13.0. The van der Waals surface area contributed by atoms with Gasteiger partial charge in [-0.05, 0) is 49.5 Å². The highest BCUT2D eigenvalue weighted by Gasteiger charge is 2.38. The van der Waals surface area contributed by atoms with Gasteiger partial charge in [-0.3, -0.25) is 4.79 Å². The van der Waals surface area contributed by atoms with Gasteiger partial charge in [-0.15, -0.1) is 0 Å². The van der Waals surface area contributed by atoms with E-state index in [9.17, 15) is 9.18 Å². The van der Waals surface area contributed by atoms with Gasteiger partial charge in [-0.25, -0.2) is 4.39 Å². The van der Waals surface area contributed by atoms with E-state index >= 15 is 0 Å². The highest BCUT2D eigenvalue weighted by molar-refractivity contribution is 5.79. The molecule has 1 amide bonds. The van der Waals surface area contributed by atoms with Crippen LogP contribution in [0.15, 0.2) is 24.3 Å². The van der Waals surface area contributed by atoms with E-state index in [1.165, 1.54) is 12.1 Å². The van der Waals surface area contributed by atoms with Crippen molar-refractivity contribution < 1.29 is 9.18 Å². The topological polar surface area (TPSA) is 32.3 Å². The van der Waals surface area contributed by atoms with Gasteiger partial charge < -0.3 is 10.2 Å². The SMILES string of the molecule is CC(C(=O)N(Cc1ccc(F)cc1)C1CC1)C1CNC1. The number of nitrogens with zero attached hydrogens (tertiary/aromatic N) is 1. The summed E-state index contributed by atoms with van der Waals surface area (Å²) in [5.74, 6) is 0.574. The van der Waals surface area contributed by atoms with Crippen LogP contribution in [0.1, 0.15) is 25.3 Å². The summed E-state index contributed by atoms with van der Waals surface area (Å²) in [7, 11) is 0. The molecule has 4 heteroatoms. The lowest BCUT2D eigenvalue weighted by Crippen LogP contribution is -2.50. The van der Waals surface area contributed by atoms with Crippen molar-refractivity contribution in [1.29, 1.82) is 0 Å². The average Bonchev–Trinajstić information content (AvgIpc) is 3.19. The van der Waals surface area contributed by atoms with Crippen molar-refractivity contribution in [3.8, 4) is 0 Å². The minimum Gasteiger partial charge on any atom is -0.335 e. The van der Waals surface area contributed by atoms with Gasteiger partial charge in [0, 0.05) is 18.5 Å². The predicted molar refractivity (Wildman–Crippen MR) is 75.5 cm³/mol. The van der Waals surface area contributed by atoms with Crippen LogP contribution in [0.4, 0.5) is 4.39 Å². The van der Waals surface area contributed by atoms with E-state index in [4.69, 9.17) is 0 Å². The summed E-state index contributed by atoms with van der Waals surface area (Å²) in [6, 6.07) is 6.86. The molecule has 3 rings (SSSR count). The number of benzene rings is 1. The fourth-order valence-corrected chi connectivity index (χ4v) is 2.69. The van der Waals surface area contributed by atoms with Crippen molar-refractivity contribution in [2.24, 2.45) is 11.8 Å². The zero-order chi connectivity index (χ0) is 14.1. The highest BCUT2D eigenvalue weighted by atomic mass is 19.1. The average molecular weight is 276 g/mol. The molecule has 1 aliphatic heterocycles. The number of carbonyl (C=O) groups excluding carboxylic acids is 1. The number of hydrogen-bond acceptors (Lipinski definition) is 2. The summed E-state index contributed by atoms with van der Waals surface area (Å²) in [6.07, 6.45) is 2.20. The molecule has 20 heavy (non-hydrogen) atoms. The molecule has 1 saturated heterocycles. The summed E-state index contributed by atoms with van der Waals surface area (Å²) in [5, 5.41) is 3.22. The van der Waals surface area contributed by atoms with Crippen molar-refractivity contribution in [2.45, 2.75) is 32.4 Å². The molecule has 0 spiro atoms. The quantitative estimate of drug-likeness (QED) is 0.894. The Balaban J connectivity index is 1.68. The third kappa shape index (κ3) is 2.85. The van der Waals surface area contributed by atoms with Gasteiger partial charge in [0.15, 0.2) is 0 Å². The van der Waals surface area contributed by atoms with Crippen LogP contribution in [0.3, 0.4) is 0 Å². The van der Waals surface area contributed by atoms with E-state index in [2.05, 4.69) is 5.32 Å². The number of rotatable bonds is 5. The van der Waals surface area contributed by atoms with Gasteiger partial charge in [0.2, 0.25) is 5.91 Å². The van der Waals surface area contributed by atoms with E-state index in [1.807, 2.05) is 11.8 Å². The normalized spacial score (nSPS) is 20.3. The predicted octanol–water partition coefficient (Wildman–Crippen LogP) is 2.17. The molecular weight excluding hydrogens is 255 g/mol. The molecule has 1 heterocycles. The Morgan fingerprint density at radius 1 is 1.35 bits per heavy atom. The Morgan fingerprint density at radius 3 is 2.50 bits per heavy atom. The molecule has 108 valence electrons. The van der Waals surface area contributed by atoms with Gasteiger partial charge >= 0.3 is 0 Å². The van der Waals surface area contributed by atoms with E-state index in [0.29, 0.717) is 18.5 Å². The summed E-state index contributed by atoms with van der Waals surface area (Å²) in [5.41, 5.74) is 1.01. The Kier molecular flexibility index (Phi) is 3.74. The first-order valence-electron chi connectivity index (χ1n) is 7.41. The Morgan fingerprint density at radius 2 is 2.00 bits per heavy atom. The van der Waals surface area contributed by atoms with Gasteiger partial charge in [0.25, 0.3) is 0 Å². The lowest BCUT2D eigenvalue weighted by molar-refractivity contribution is -0.138. The van der Waals surface area contributed by atoms with Crippen LogP contribution in [-0.4, -0.2) is 29.9 Å². The second-order valence-electron chi connectivity index (χ2n) is 6.03. The van der Waals surface area contributed by atoms with Crippen LogP contribution in [0.2, 0.25) is 0 Å². The molecule has 1 saturated carbocycles. The Labute approximate surface area is 119 Å². The highest BCUT2D eigenvalue weighted by Crippen LogP contribution is 2.31. The first-order chi connectivity index (χ1) is 9.65. The molecular formula is C16H21FN2O. The molecule has 2 aliphatic rings. The minimum atomic E-state index is -0.230. The number of nitrogens with one attached hydrogen (secondary N) is 1. The molecule has 0 radical (unpaired) electrons. The monoisotopic (exact) mass is 276 g/mol. The van der Waals surface area contributed by atoms with Crippen molar-refractivity contribution in [2.75, 3.05) is 13.1 Å². The first-order valence-corrected chi connectivity index (χ1v) is 7.41. The second-order valence-corrected chi connectivity index (χ2v) is 6.03. The number of amides is 1. The summed E-state index contributed by atoms with van der Waals surface area (Å²) >= 11 is 0. The van der Waals surface area contributed by atoms with E-state index in [-0.39, 0.29) is 17.6 Å². The smallest absolute Gasteiger partial charge is 0.226 e. The molecule has 1 atom stereocenters. The van der Waals surface area contributed by atoms with Crippen LogP contribution in [-0.2, 0) is 11.3 Å². The summed E-state index contributed by atoms with van der Waals surface area (Å²) in [4.78, 5) is 14.7. The summed E-state index contributed by atoms with van der Waals surface area (Å²) in [6.45, 7) is 4.53. The van der Waals surface area contributed by atoms with Crippen LogP contribution in [0, 0.1) is 17.7 Å². The second kappa shape index (κ2) is 5.52.